The number of ether oxygens (including phenoxy) is 1. The van der Waals surface area contributed by atoms with Gasteiger partial charge in [0.1, 0.15) is 11.6 Å². The average Bonchev–Trinajstić information content (AvgIpc) is 3.18. The number of hydrogen-bond acceptors (Lipinski definition) is 5. The molecule has 0 aliphatic rings. The van der Waals surface area contributed by atoms with Gasteiger partial charge in [0.2, 0.25) is 5.82 Å². The van der Waals surface area contributed by atoms with Crippen LogP contribution in [0.4, 0.5) is 41.7 Å². The number of pyridine rings is 2. The molecule has 0 saturated carbocycles. The number of rotatable bonds is 9. The van der Waals surface area contributed by atoms with Crippen molar-refractivity contribution in [1.29, 1.82) is 0 Å². The van der Waals surface area contributed by atoms with Gasteiger partial charge in [-0.05, 0) is 115 Å². The highest BCUT2D eigenvalue weighted by atomic mass is 19.2. The van der Waals surface area contributed by atoms with Gasteiger partial charge in [0, 0.05) is 54.2 Å². The predicted molar refractivity (Wildman–Crippen MR) is 221 cm³/mol. The van der Waals surface area contributed by atoms with E-state index in [0.29, 0.717) is 17.2 Å². The summed E-state index contributed by atoms with van der Waals surface area (Å²) in [4.78, 5) is 13.0. The van der Waals surface area contributed by atoms with Crippen molar-refractivity contribution in [2.24, 2.45) is 0 Å². The molecule has 5 nitrogen and oxygen atoms in total. The zero-order valence-electron chi connectivity index (χ0n) is 32.5. The molecule has 5 aromatic carbocycles. The topological polar surface area (TPSA) is 41.5 Å². The molecule has 0 aliphatic carbocycles. The van der Waals surface area contributed by atoms with Gasteiger partial charge in [-0.1, -0.05) is 74.9 Å². The lowest BCUT2D eigenvalue weighted by atomic mass is 9.88. The van der Waals surface area contributed by atoms with Gasteiger partial charge in [0.25, 0.3) is 0 Å². The first-order chi connectivity index (χ1) is 26.8. The van der Waals surface area contributed by atoms with Gasteiger partial charge in [-0.25, -0.2) is 13.8 Å². The molecule has 56 heavy (non-hydrogen) atoms. The minimum Gasteiger partial charge on any atom is -0.454 e. The second-order valence-corrected chi connectivity index (χ2v) is 15.1. The normalized spacial score (nSPS) is 11.4. The Morgan fingerprint density at radius 1 is 0.589 bits per heavy atom. The summed E-state index contributed by atoms with van der Waals surface area (Å²) in [6, 6.07) is 37.9. The molecule has 0 radical (unpaired) electrons. The third-order valence-corrected chi connectivity index (χ3v) is 9.85. The summed E-state index contributed by atoms with van der Waals surface area (Å²) in [7, 11) is 1.89. The van der Waals surface area contributed by atoms with Gasteiger partial charge in [-0.3, -0.25) is 4.98 Å². The lowest BCUT2D eigenvalue weighted by molar-refractivity contribution is 0.395. The van der Waals surface area contributed by atoms with Gasteiger partial charge in [0.15, 0.2) is 17.4 Å². The summed E-state index contributed by atoms with van der Waals surface area (Å²) in [5.41, 5.74) is 8.90. The second-order valence-electron chi connectivity index (χ2n) is 15.1. The first-order valence-electron chi connectivity index (χ1n) is 18.4. The lowest BCUT2D eigenvalue weighted by Gasteiger charge is -2.28. The van der Waals surface area contributed by atoms with Crippen LogP contribution < -0.4 is 14.5 Å². The van der Waals surface area contributed by atoms with Gasteiger partial charge in [-0.2, -0.15) is 4.39 Å². The van der Waals surface area contributed by atoms with Crippen molar-refractivity contribution in [3.63, 3.8) is 0 Å². The molecule has 0 aliphatic heterocycles. The molecule has 2 heterocycles. The molecule has 8 heteroatoms. The molecule has 7 aromatic rings. The van der Waals surface area contributed by atoms with E-state index in [0.717, 1.165) is 44.8 Å². The summed E-state index contributed by atoms with van der Waals surface area (Å²) in [6.45, 7) is 12.4. The minimum absolute atomic E-state index is 0.125. The van der Waals surface area contributed by atoms with Crippen molar-refractivity contribution in [3.8, 4) is 33.9 Å². The van der Waals surface area contributed by atoms with Gasteiger partial charge in [0.05, 0.1) is 11.4 Å². The van der Waals surface area contributed by atoms with E-state index in [1.165, 1.54) is 6.07 Å². The first kappa shape index (κ1) is 37.9. The molecule has 0 N–H and O–H groups in total. The van der Waals surface area contributed by atoms with Gasteiger partial charge < -0.3 is 14.5 Å². The summed E-state index contributed by atoms with van der Waals surface area (Å²) in [5, 5.41) is 0. The van der Waals surface area contributed by atoms with E-state index < -0.39 is 23.2 Å². The number of hydrogen-bond donors (Lipinski definition) is 0. The minimum atomic E-state index is -1.65. The quantitative estimate of drug-likeness (QED) is 0.138. The molecule has 0 fully saturated rings. The van der Waals surface area contributed by atoms with Crippen molar-refractivity contribution in [3.05, 3.63) is 173 Å². The van der Waals surface area contributed by atoms with Crippen molar-refractivity contribution in [1.82, 2.24) is 9.97 Å². The highest BCUT2D eigenvalue weighted by Crippen LogP contribution is 2.42. The van der Waals surface area contributed by atoms with Crippen LogP contribution in [0.25, 0.3) is 22.4 Å². The Balaban J connectivity index is 1.37. The summed E-state index contributed by atoms with van der Waals surface area (Å²) < 4.78 is 53.3. The largest absolute Gasteiger partial charge is 0.454 e. The van der Waals surface area contributed by atoms with E-state index in [1.54, 1.807) is 30.6 Å². The maximum absolute atomic E-state index is 15.8. The van der Waals surface area contributed by atoms with Gasteiger partial charge >= 0.3 is 0 Å². The van der Waals surface area contributed by atoms with Crippen LogP contribution in [0.2, 0.25) is 0 Å². The Bertz CT molecular complexity index is 2470. The molecule has 2 aromatic heterocycles. The molecular weight excluding hydrogens is 706 g/mol. The average molecular weight is 749 g/mol. The first-order valence-corrected chi connectivity index (χ1v) is 18.4. The number of para-hydroxylation sites is 2. The molecule has 0 spiro atoms. The molecule has 0 bridgehead atoms. The SMILES string of the molecule is Cc1cc(C)c(-c2ccnc(-c3cc(Oc4cc(N(C)c5cc(C(C)(C)C)ccn5)cc(N(c5ccccc5)c5ccccc5)c4)c(F)c(F)c3F)c2)c(C)c1. The zero-order chi connectivity index (χ0) is 39.7. The predicted octanol–water partition coefficient (Wildman–Crippen LogP) is 13.5. The van der Waals surface area contributed by atoms with E-state index >= 15 is 13.2 Å². The highest BCUT2D eigenvalue weighted by Gasteiger charge is 2.24. The molecular formula is C48H43F3N4O. The third-order valence-electron chi connectivity index (χ3n) is 9.85. The van der Waals surface area contributed by atoms with Crippen LogP contribution in [0.15, 0.2) is 134 Å². The standard InChI is InChI=1S/C48H43F3N4O/c1-30-22-31(2)44(32(3)23-30)33-18-20-52-41(24-33)40-29-42(46(50)47(51)45(40)49)56-39-27-37(54(7)43-25-34(19-21-53-43)48(4,5)6)26-38(28-39)55(35-14-10-8-11-15-35)36-16-12-9-13-17-36/h8-29H,1-7H3. The monoisotopic (exact) mass is 748 g/mol. The van der Waals surface area contributed by atoms with Crippen LogP contribution in [-0.2, 0) is 5.41 Å². The van der Waals surface area contributed by atoms with Crippen LogP contribution in [0.1, 0.15) is 43.0 Å². The fraction of sp³-hybridized carbons (Fsp3) is 0.167. The van der Waals surface area contributed by atoms with Crippen LogP contribution in [0, 0.1) is 38.2 Å². The third kappa shape index (κ3) is 7.73. The maximum Gasteiger partial charge on any atom is 0.204 e. The molecule has 0 unspecified atom stereocenters. The van der Waals surface area contributed by atoms with E-state index in [-0.39, 0.29) is 22.4 Å². The number of aryl methyl sites for hydroxylation is 3. The van der Waals surface area contributed by atoms with Crippen LogP contribution in [0.5, 0.6) is 11.5 Å². The Hall–Kier alpha value is -6.41. The summed E-state index contributed by atoms with van der Waals surface area (Å²) in [5.74, 6) is -4.07. The number of nitrogens with zero attached hydrogens (tertiary/aromatic N) is 4. The fourth-order valence-electron chi connectivity index (χ4n) is 7.09. The van der Waals surface area contributed by atoms with Crippen LogP contribution in [-0.4, -0.2) is 17.0 Å². The highest BCUT2D eigenvalue weighted by molar-refractivity contribution is 5.81. The number of anilines is 5. The van der Waals surface area contributed by atoms with E-state index in [9.17, 15) is 0 Å². The molecule has 0 amide bonds. The Morgan fingerprint density at radius 3 is 1.82 bits per heavy atom. The van der Waals surface area contributed by atoms with E-state index in [4.69, 9.17) is 4.74 Å². The molecule has 7 rings (SSSR count). The summed E-state index contributed by atoms with van der Waals surface area (Å²) >= 11 is 0. The zero-order valence-corrected chi connectivity index (χ0v) is 32.5. The maximum atomic E-state index is 15.8. The molecule has 0 saturated heterocycles. The smallest absolute Gasteiger partial charge is 0.204 e. The molecule has 282 valence electrons. The second kappa shape index (κ2) is 15.4. The van der Waals surface area contributed by atoms with Crippen molar-refractivity contribution < 1.29 is 17.9 Å². The lowest BCUT2D eigenvalue weighted by Crippen LogP contribution is -2.16. The van der Waals surface area contributed by atoms with Crippen molar-refractivity contribution >= 4 is 28.6 Å². The van der Waals surface area contributed by atoms with E-state index in [1.807, 2.05) is 123 Å². The summed E-state index contributed by atoms with van der Waals surface area (Å²) in [6.07, 6.45) is 3.32. The fourth-order valence-corrected chi connectivity index (χ4v) is 7.09. The Morgan fingerprint density at radius 2 is 1.20 bits per heavy atom. The van der Waals surface area contributed by atoms with Crippen LogP contribution >= 0.6 is 0 Å². The van der Waals surface area contributed by atoms with Crippen LogP contribution in [0.3, 0.4) is 0 Å². The Labute approximate surface area is 326 Å². The number of benzene rings is 5. The number of aromatic nitrogens is 2. The van der Waals surface area contributed by atoms with Crippen molar-refractivity contribution in [2.75, 3.05) is 16.8 Å². The van der Waals surface area contributed by atoms with Crippen molar-refractivity contribution in [2.45, 2.75) is 47.0 Å². The molecule has 0 atom stereocenters. The Kier molecular flexibility index (Phi) is 10.4. The van der Waals surface area contributed by atoms with E-state index in [2.05, 4.69) is 42.9 Å². The van der Waals surface area contributed by atoms with Gasteiger partial charge in [-0.15, -0.1) is 0 Å². The number of halogens is 3.